The topological polar surface area (TPSA) is 20.3 Å². The third kappa shape index (κ3) is 2.28. The van der Waals surface area contributed by atoms with Gasteiger partial charge in [0, 0.05) is 25.3 Å². The highest BCUT2D eigenvalue weighted by atomic mass is 19.1. The fourth-order valence-corrected chi connectivity index (χ4v) is 1.04. The fraction of sp³-hybridized carbons (Fsp3) is 0.300. The number of Topliss-reactive ketones (excluding diaryl/α,β-unsaturated/α-hetero) is 1. The summed E-state index contributed by atoms with van der Waals surface area (Å²) >= 11 is 0. The van der Waals surface area contributed by atoms with Crippen molar-refractivity contribution < 1.29 is 9.18 Å². The van der Waals surface area contributed by atoms with Crippen molar-refractivity contribution in [3.63, 3.8) is 0 Å². The van der Waals surface area contributed by atoms with Crippen LogP contribution in [0.1, 0.15) is 17.3 Å². The molecule has 0 radical (unpaired) electrons. The molecule has 0 saturated carbocycles. The number of hydrogen-bond acceptors (Lipinski definition) is 2. The number of nitrogens with zero attached hydrogens (tertiary/aromatic N) is 1. The third-order valence-corrected chi connectivity index (χ3v) is 1.81. The summed E-state index contributed by atoms with van der Waals surface area (Å²) in [4.78, 5) is 12.7. The molecule has 0 saturated heterocycles. The quantitative estimate of drug-likeness (QED) is 0.651. The van der Waals surface area contributed by atoms with E-state index in [9.17, 15) is 9.18 Å². The van der Waals surface area contributed by atoms with Crippen molar-refractivity contribution in [2.24, 2.45) is 0 Å². The van der Waals surface area contributed by atoms with E-state index in [-0.39, 0.29) is 11.6 Å². The Morgan fingerprint density at radius 3 is 2.38 bits per heavy atom. The molecule has 0 atom stereocenters. The Kier molecular flexibility index (Phi) is 2.66. The van der Waals surface area contributed by atoms with Crippen LogP contribution in [-0.4, -0.2) is 19.9 Å². The molecule has 0 unspecified atom stereocenters. The molecule has 0 aliphatic carbocycles. The van der Waals surface area contributed by atoms with Gasteiger partial charge in [-0.05, 0) is 25.1 Å². The molecule has 0 N–H and O–H groups in total. The molecule has 0 spiro atoms. The summed E-state index contributed by atoms with van der Waals surface area (Å²) in [5.74, 6) is -0.501. The number of carbonyl (C=O) groups is 1. The Balaban J connectivity index is 3.19. The van der Waals surface area contributed by atoms with E-state index < -0.39 is 0 Å². The van der Waals surface area contributed by atoms with Crippen LogP contribution in [0.15, 0.2) is 18.2 Å². The highest BCUT2D eigenvalue weighted by molar-refractivity contribution is 5.95. The Morgan fingerprint density at radius 1 is 1.31 bits per heavy atom. The van der Waals surface area contributed by atoms with Crippen molar-refractivity contribution >= 4 is 11.5 Å². The van der Waals surface area contributed by atoms with Crippen molar-refractivity contribution in [2.45, 2.75) is 6.92 Å². The second-order valence-corrected chi connectivity index (χ2v) is 3.15. The average Bonchev–Trinajstić information content (AvgIpc) is 2.03. The predicted octanol–water partition coefficient (Wildman–Crippen LogP) is 2.09. The summed E-state index contributed by atoms with van der Waals surface area (Å²) in [6.45, 7) is 1.42. The highest BCUT2D eigenvalue weighted by Gasteiger charge is 2.05. The lowest BCUT2D eigenvalue weighted by atomic mass is 10.1. The lowest BCUT2D eigenvalue weighted by Gasteiger charge is -2.13. The number of anilines is 1. The summed E-state index contributed by atoms with van der Waals surface area (Å²) in [5, 5.41) is 0. The zero-order chi connectivity index (χ0) is 10.0. The normalized spacial score (nSPS) is 9.85. The van der Waals surface area contributed by atoms with Gasteiger partial charge in [-0.2, -0.15) is 0 Å². The summed E-state index contributed by atoms with van der Waals surface area (Å²) in [7, 11) is 3.61. The Morgan fingerprint density at radius 2 is 1.92 bits per heavy atom. The van der Waals surface area contributed by atoms with Crippen LogP contribution < -0.4 is 4.90 Å². The molecule has 0 aromatic heterocycles. The van der Waals surface area contributed by atoms with Gasteiger partial charge in [0.25, 0.3) is 0 Å². The van der Waals surface area contributed by atoms with Crippen LogP contribution in [0.2, 0.25) is 0 Å². The van der Waals surface area contributed by atoms with Gasteiger partial charge in [0.05, 0.1) is 0 Å². The van der Waals surface area contributed by atoms with Crippen molar-refractivity contribution in [3.05, 3.63) is 29.6 Å². The largest absolute Gasteiger partial charge is 0.378 e. The van der Waals surface area contributed by atoms with Crippen molar-refractivity contribution in [2.75, 3.05) is 19.0 Å². The lowest BCUT2D eigenvalue weighted by molar-refractivity contribution is 0.101. The smallest absolute Gasteiger partial charge is 0.159 e. The van der Waals surface area contributed by atoms with Gasteiger partial charge in [-0.15, -0.1) is 0 Å². The SMILES string of the molecule is CC(=O)c1cc(F)cc(N(C)C)c1. The first-order valence-corrected chi connectivity index (χ1v) is 3.99. The van der Waals surface area contributed by atoms with Crippen molar-refractivity contribution in [1.29, 1.82) is 0 Å². The maximum Gasteiger partial charge on any atom is 0.159 e. The van der Waals surface area contributed by atoms with Gasteiger partial charge in [-0.3, -0.25) is 4.79 Å². The van der Waals surface area contributed by atoms with Crippen LogP contribution in [0.4, 0.5) is 10.1 Å². The molecule has 0 bridgehead atoms. The van der Waals surface area contributed by atoms with E-state index in [0.717, 1.165) is 0 Å². The number of halogens is 1. The van der Waals surface area contributed by atoms with Crippen LogP contribution in [0, 0.1) is 5.82 Å². The van der Waals surface area contributed by atoms with E-state index in [1.54, 1.807) is 25.1 Å². The molecular formula is C10H12FNO. The number of carbonyl (C=O) groups excluding carboxylic acids is 1. The van der Waals surface area contributed by atoms with Gasteiger partial charge < -0.3 is 4.90 Å². The van der Waals surface area contributed by atoms with Crippen LogP contribution in [0.25, 0.3) is 0 Å². The standard InChI is InChI=1S/C10H12FNO/c1-7(13)8-4-9(11)6-10(5-8)12(2)3/h4-6H,1-3H3. The molecule has 13 heavy (non-hydrogen) atoms. The number of rotatable bonds is 2. The zero-order valence-corrected chi connectivity index (χ0v) is 7.97. The Bertz CT molecular complexity index is 334. The average molecular weight is 181 g/mol. The second kappa shape index (κ2) is 3.56. The Hall–Kier alpha value is -1.38. The van der Waals surface area contributed by atoms with Crippen LogP contribution in [0.5, 0.6) is 0 Å². The minimum Gasteiger partial charge on any atom is -0.378 e. The number of ketones is 1. The first-order chi connectivity index (χ1) is 6.00. The molecule has 0 heterocycles. The summed E-state index contributed by atoms with van der Waals surface area (Å²) in [5.41, 5.74) is 1.11. The molecule has 1 rings (SSSR count). The number of hydrogen-bond donors (Lipinski definition) is 0. The maximum absolute atomic E-state index is 13.0. The highest BCUT2D eigenvalue weighted by Crippen LogP contribution is 2.16. The van der Waals surface area contributed by atoms with Gasteiger partial charge in [-0.1, -0.05) is 0 Å². The second-order valence-electron chi connectivity index (χ2n) is 3.15. The van der Waals surface area contributed by atoms with Gasteiger partial charge in [0.2, 0.25) is 0 Å². The van der Waals surface area contributed by atoms with E-state index in [2.05, 4.69) is 0 Å². The number of benzene rings is 1. The maximum atomic E-state index is 13.0. The monoisotopic (exact) mass is 181 g/mol. The van der Waals surface area contributed by atoms with E-state index in [0.29, 0.717) is 11.3 Å². The Labute approximate surface area is 77.0 Å². The van der Waals surface area contributed by atoms with Crippen LogP contribution >= 0.6 is 0 Å². The van der Waals surface area contributed by atoms with Gasteiger partial charge >= 0.3 is 0 Å². The molecule has 0 aliphatic rings. The lowest BCUT2D eigenvalue weighted by Crippen LogP contribution is -2.10. The summed E-state index contributed by atoms with van der Waals surface area (Å²) < 4.78 is 13.0. The van der Waals surface area contributed by atoms with Crippen LogP contribution in [-0.2, 0) is 0 Å². The predicted molar refractivity (Wildman–Crippen MR) is 50.7 cm³/mol. The van der Waals surface area contributed by atoms with E-state index >= 15 is 0 Å². The molecule has 70 valence electrons. The summed E-state index contributed by atoms with van der Waals surface area (Å²) in [6.07, 6.45) is 0. The minimum absolute atomic E-state index is 0.123. The molecule has 1 aromatic carbocycles. The minimum atomic E-state index is -0.378. The first-order valence-electron chi connectivity index (χ1n) is 3.99. The van der Waals surface area contributed by atoms with Crippen molar-refractivity contribution in [3.8, 4) is 0 Å². The van der Waals surface area contributed by atoms with Crippen molar-refractivity contribution in [1.82, 2.24) is 0 Å². The first kappa shape index (κ1) is 9.71. The van der Waals surface area contributed by atoms with Crippen LogP contribution in [0.3, 0.4) is 0 Å². The summed E-state index contributed by atoms with van der Waals surface area (Å²) in [6, 6.07) is 4.31. The van der Waals surface area contributed by atoms with E-state index in [1.165, 1.54) is 19.1 Å². The van der Waals surface area contributed by atoms with Gasteiger partial charge in [0.15, 0.2) is 5.78 Å². The molecule has 1 aromatic rings. The van der Waals surface area contributed by atoms with Gasteiger partial charge in [0.1, 0.15) is 5.82 Å². The zero-order valence-electron chi connectivity index (χ0n) is 7.97. The molecule has 3 heteroatoms. The van der Waals surface area contributed by atoms with Gasteiger partial charge in [-0.25, -0.2) is 4.39 Å². The van der Waals surface area contributed by atoms with E-state index in [4.69, 9.17) is 0 Å². The van der Waals surface area contributed by atoms with E-state index in [1.807, 2.05) is 0 Å². The molecule has 0 aliphatic heterocycles. The fourth-order valence-electron chi connectivity index (χ4n) is 1.04. The molecule has 2 nitrogen and oxygen atoms in total. The molecule has 0 fully saturated rings. The third-order valence-electron chi connectivity index (χ3n) is 1.81. The molecular weight excluding hydrogens is 169 g/mol. The molecule has 0 amide bonds.